The van der Waals surface area contributed by atoms with Gasteiger partial charge in [0.2, 0.25) is 0 Å². The number of hydrogen-bond acceptors (Lipinski definition) is 0. The Kier molecular flexibility index (Phi) is 8.67. The molecular formula is C14H27P. The Hall–Kier alpha value is 0.430. The minimum absolute atomic E-state index is 0.688. The Balaban J connectivity index is 2.10. The summed E-state index contributed by atoms with van der Waals surface area (Å²) in [6.07, 6.45) is 18.7. The van der Waals surface area contributed by atoms with E-state index < -0.39 is 0 Å². The zero-order chi connectivity index (χ0) is 10.8. The quantitative estimate of drug-likeness (QED) is 0.454. The molecule has 1 aliphatic carbocycles. The highest BCUT2D eigenvalue weighted by atomic mass is 31.0. The molecule has 1 fully saturated rings. The molecule has 0 aromatic rings. The predicted molar refractivity (Wildman–Crippen MR) is 70.7 cm³/mol. The Morgan fingerprint density at radius 3 is 1.07 bits per heavy atom. The van der Waals surface area contributed by atoms with Crippen molar-refractivity contribution in [3.63, 3.8) is 0 Å². The van der Waals surface area contributed by atoms with Gasteiger partial charge in [0.25, 0.3) is 0 Å². The van der Waals surface area contributed by atoms with Gasteiger partial charge in [0.15, 0.2) is 0 Å². The van der Waals surface area contributed by atoms with E-state index in [9.17, 15) is 0 Å². The molecule has 0 aliphatic heterocycles. The first-order chi connectivity index (χ1) is 7.39. The van der Waals surface area contributed by atoms with Gasteiger partial charge in [-0.1, -0.05) is 70.6 Å². The average molecular weight is 226 g/mol. The maximum absolute atomic E-state index is 4.67. The summed E-state index contributed by atoms with van der Waals surface area (Å²) in [4.78, 5) is 0. The lowest BCUT2D eigenvalue weighted by Crippen LogP contribution is -1.98. The molecule has 1 aliphatic rings. The molecule has 15 heavy (non-hydrogen) atoms. The van der Waals surface area contributed by atoms with Crippen LogP contribution in [-0.4, -0.2) is 5.66 Å². The van der Waals surface area contributed by atoms with E-state index in [1.54, 1.807) is 0 Å². The van der Waals surface area contributed by atoms with Crippen molar-refractivity contribution >= 4 is 9.24 Å². The fourth-order valence-electron chi connectivity index (χ4n) is 2.50. The summed E-state index contributed by atoms with van der Waals surface area (Å²) in [6.45, 7) is 0. The molecule has 88 valence electrons. The fourth-order valence-corrected chi connectivity index (χ4v) is 2.86. The van der Waals surface area contributed by atoms with Crippen molar-refractivity contribution in [3.8, 4) is 0 Å². The highest BCUT2D eigenvalue weighted by Gasteiger charge is 2.03. The normalized spacial score (nSPS) is 24.6. The van der Waals surface area contributed by atoms with Crippen LogP contribution in [0.4, 0.5) is 0 Å². The Morgan fingerprint density at radius 1 is 0.467 bits per heavy atom. The average Bonchev–Trinajstić information content (AvgIpc) is 2.24. The molecule has 0 aromatic heterocycles. The van der Waals surface area contributed by atoms with Crippen LogP contribution >= 0.6 is 9.24 Å². The molecule has 0 spiro atoms. The first-order valence-electron chi connectivity index (χ1n) is 7.07. The summed E-state index contributed by atoms with van der Waals surface area (Å²) in [5.41, 5.74) is 0.688. The van der Waals surface area contributed by atoms with Crippen LogP contribution in [-0.2, 0) is 0 Å². The van der Waals surface area contributed by atoms with Crippen LogP contribution in [0.2, 0.25) is 0 Å². The van der Waals surface area contributed by atoms with Crippen molar-refractivity contribution < 1.29 is 0 Å². The van der Waals surface area contributed by atoms with Gasteiger partial charge in [0.05, 0.1) is 0 Å². The van der Waals surface area contributed by atoms with Crippen LogP contribution in [0, 0.1) is 0 Å². The summed E-state index contributed by atoms with van der Waals surface area (Å²) in [5, 5.41) is 0. The topological polar surface area (TPSA) is 0 Å². The summed E-state index contributed by atoms with van der Waals surface area (Å²) >= 11 is 0. The highest BCUT2D eigenvalue weighted by molar-refractivity contribution is 7.17. The molecule has 0 bridgehead atoms. The monoisotopic (exact) mass is 226 g/mol. The van der Waals surface area contributed by atoms with Crippen LogP contribution in [0.5, 0.6) is 0 Å². The van der Waals surface area contributed by atoms with Gasteiger partial charge in [-0.15, -0.1) is 0 Å². The summed E-state index contributed by atoms with van der Waals surface area (Å²) in [7, 11) is 4.67. The van der Waals surface area contributed by atoms with E-state index in [0.29, 0.717) is 5.66 Å². The smallest absolute Gasteiger partial charge is 0.0125 e. The lowest BCUT2D eigenvalue weighted by atomic mass is 10.0. The van der Waals surface area contributed by atoms with Gasteiger partial charge < -0.3 is 0 Å². The van der Waals surface area contributed by atoms with E-state index in [1.165, 1.54) is 83.5 Å². The van der Waals surface area contributed by atoms with Gasteiger partial charge in [-0.2, -0.15) is 0 Å². The van der Waals surface area contributed by atoms with Gasteiger partial charge >= 0.3 is 0 Å². The summed E-state index contributed by atoms with van der Waals surface area (Å²) in [6, 6.07) is 0. The Morgan fingerprint density at radius 2 is 0.733 bits per heavy atom. The van der Waals surface area contributed by atoms with Gasteiger partial charge in [-0.05, 0) is 27.7 Å². The van der Waals surface area contributed by atoms with Crippen LogP contribution in [0.1, 0.15) is 83.5 Å². The predicted octanol–water partition coefficient (Wildman–Crippen LogP) is 5.85. The van der Waals surface area contributed by atoms with Crippen molar-refractivity contribution in [2.24, 2.45) is 0 Å². The molecule has 0 amide bonds. The molecule has 0 heterocycles. The minimum Gasteiger partial charge on any atom is -0.0533 e. The van der Waals surface area contributed by atoms with Crippen molar-refractivity contribution in [1.29, 1.82) is 0 Å². The molecule has 0 unspecified atom stereocenters. The van der Waals surface area contributed by atoms with E-state index in [1.807, 2.05) is 0 Å². The van der Waals surface area contributed by atoms with E-state index in [0.717, 1.165) is 0 Å². The molecule has 2 radical (unpaired) electrons. The third-order valence-electron chi connectivity index (χ3n) is 3.57. The molecule has 0 N–H and O–H groups in total. The van der Waals surface area contributed by atoms with Gasteiger partial charge in [-0.25, -0.2) is 0 Å². The van der Waals surface area contributed by atoms with E-state index in [-0.39, 0.29) is 0 Å². The van der Waals surface area contributed by atoms with Crippen molar-refractivity contribution in [2.75, 3.05) is 0 Å². The molecule has 0 nitrogen and oxygen atoms in total. The molecule has 1 heteroatoms. The maximum atomic E-state index is 4.67. The standard InChI is InChI=1S/C14H27P/c15-14-12-10-8-6-4-2-1-3-5-7-9-11-13-14/h14H,1-13H2. The second-order valence-electron chi connectivity index (χ2n) is 5.12. The van der Waals surface area contributed by atoms with Gasteiger partial charge in [-0.3, -0.25) is 0 Å². The molecule has 1 rings (SSSR count). The third kappa shape index (κ3) is 8.26. The Bertz CT molecular complexity index is 119. The van der Waals surface area contributed by atoms with Crippen LogP contribution in [0.3, 0.4) is 0 Å². The first kappa shape index (κ1) is 13.5. The van der Waals surface area contributed by atoms with E-state index in [4.69, 9.17) is 0 Å². The zero-order valence-electron chi connectivity index (χ0n) is 10.2. The summed E-state index contributed by atoms with van der Waals surface area (Å²) < 4.78 is 0. The number of rotatable bonds is 0. The second-order valence-corrected chi connectivity index (χ2v) is 5.85. The van der Waals surface area contributed by atoms with Crippen molar-refractivity contribution in [1.82, 2.24) is 0 Å². The molecule has 0 atom stereocenters. The molecular weight excluding hydrogens is 199 g/mol. The van der Waals surface area contributed by atoms with Crippen molar-refractivity contribution in [2.45, 2.75) is 89.1 Å². The molecule has 1 saturated carbocycles. The van der Waals surface area contributed by atoms with Crippen LogP contribution < -0.4 is 0 Å². The first-order valence-corrected chi connectivity index (χ1v) is 7.59. The third-order valence-corrected chi connectivity index (χ3v) is 4.09. The van der Waals surface area contributed by atoms with Crippen LogP contribution in [0.25, 0.3) is 0 Å². The maximum Gasteiger partial charge on any atom is -0.0125 e. The largest absolute Gasteiger partial charge is 0.0533 e. The molecule has 0 saturated heterocycles. The number of hydrogen-bond donors (Lipinski definition) is 0. The molecule has 0 aromatic carbocycles. The SMILES string of the molecule is [P]C1CCCCCCCCCCCCC1. The van der Waals surface area contributed by atoms with Gasteiger partial charge in [0, 0.05) is 0 Å². The minimum atomic E-state index is 0.688. The fraction of sp³-hybridized carbons (Fsp3) is 1.00. The zero-order valence-corrected chi connectivity index (χ0v) is 11.1. The summed E-state index contributed by atoms with van der Waals surface area (Å²) in [5.74, 6) is 0. The lowest BCUT2D eigenvalue weighted by molar-refractivity contribution is 0.509. The highest BCUT2D eigenvalue weighted by Crippen LogP contribution is 2.20. The van der Waals surface area contributed by atoms with Crippen molar-refractivity contribution in [3.05, 3.63) is 0 Å². The van der Waals surface area contributed by atoms with E-state index in [2.05, 4.69) is 9.24 Å². The van der Waals surface area contributed by atoms with Crippen LogP contribution in [0.15, 0.2) is 0 Å². The lowest BCUT2D eigenvalue weighted by Gasteiger charge is -2.11. The van der Waals surface area contributed by atoms with Gasteiger partial charge in [0.1, 0.15) is 0 Å². The second kappa shape index (κ2) is 9.64. The van der Waals surface area contributed by atoms with E-state index >= 15 is 0 Å². The Labute approximate surface area is 98.8 Å².